The van der Waals surface area contributed by atoms with E-state index in [1.54, 1.807) is 0 Å². The van der Waals surface area contributed by atoms with Crippen LogP contribution in [0.2, 0.25) is 0 Å². The zero-order chi connectivity index (χ0) is 19.1. The number of benzene rings is 1. The molecule has 0 atom stereocenters. The summed E-state index contributed by atoms with van der Waals surface area (Å²) in [5.74, 6) is 0.785. The molecule has 4 nitrogen and oxygen atoms in total. The molecule has 0 radical (unpaired) electrons. The Labute approximate surface area is 161 Å². The van der Waals surface area contributed by atoms with Crippen LogP contribution >= 0.6 is 0 Å². The van der Waals surface area contributed by atoms with Crippen molar-refractivity contribution in [1.29, 1.82) is 0 Å². The minimum Gasteiger partial charge on any atom is -0.310 e. The molecule has 0 spiro atoms. The van der Waals surface area contributed by atoms with Crippen molar-refractivity contribution in [1.82, 2.24) is 14.9 Å². The van der Waals surface area contributed by atoms with Gasteiger partial charge in [0.2, 0.25) is 0 Å². The zero-order valence-corrected chi connectivity index (χ0v) is 16.4. The molecule has 0 amide bonds. The van der Waals surface area contributed by atoms with Gasteiger partial charge in [0.05, 0.1) is 10.9 Å². The molecule has 0 saturated heterocycles. The fourth-order valence-electron chi connectivity index (χ4n) is 3.61. The number of hydrogen-bond donors (Lipinski definition) is 1. The van der Waals surface area contributed by atoms with Crippen LogP contribution in [-0.2, 0) is 6.42 Å². The third-order valence-electron chi connectivity index (χ3n) is 4.98. The van der Waals surface area contributed by atoms with Gasteiger partial charge in [-0.05, 0) is 56.0 Å². The first-order valence-corrected chi connectivity index (χ1v) is 9.93. The van der Waals surface area contributed by atoms with Crippen LogP contribution in [0, 0.1) is 0 Å². The molecule has 1 N–H and O–H groups in total. The maximum Gasteiger partial charge on any atom is 0.258 e. The molecule has 0 aliphatic carbocycles. The first-order chi connectivity index (χ1) is 13.2. The van der Waals surface area contributed by atoms with Crippen LogP contribution in [-0.4, -0.2) is 34.5 Å². The second-order valence-electron chi connectivity index (χ2n) is 6.98. The molecule has 3 rings (SSSR count). The van der Waals surface area contributed by atoms with Gasteiger partial charge in [0.15, 0.2) is 0 Å². The number of aromatic nitrogens is 2. The van der Waals surface area contributed by atoms with Crippen molar-refractivity contribution >= 4 is 10.9 Å². The van der Waals surface area contributed by atoms with Gasteiger partial charge < -0.3 is 4.98 Å². The van der Waals surface area contributed by atoms with Crippen LogP contribution in [0.5, 0.6) is 0 Å². The van der Waals surface area contributed by atoms with Crippen molar-refractivity contribution in [3.8, 4) is 0 Å². The SMILES string of the molecule is C/C=C\C(=C/CC)C1=CCN(CCCc2nc3ccccc3c(=O)[nH]2)CC1. The summed E-state index contributed by atoms with van der Waals surface area (Å²) in [6.07, 6.45) is 13.0. The van der Waals surface area contributed by atoms with Gasteiger partial charge >= 0.3 is 0 Å². The number of fused-ring (bicyclic) bond motifs is 1. The van der Waals surface area contributed by atoms with Gasteiger partial charge in [-0.3, -0.25) is 9.69 Å². The Kier molecular flexibility index (Phi) is 6.77. The third kappa shape index (κ3) is 5.04. The van der Waals surface area contributed by atoms with Crippen LogP contribution in [0.4, 0.5) is 0 Å². The highest BCUT2D eigenvalue weighted by molar-refractivity contribution is 5.77. The fraction of sp³-hybridized carbons (Fsp3) is 0.391. The monoisotopic (exact) mass is 363 g/mol. The number of rotatable bonds is 7. The molecule has 1 aromatic carbocycles. The summed E-state index contributed by atoms with van der Waals surface area (Å²) in [5, 5.41) is 0.659. The van der Waals surface area contributed by atoms with E-state index in [1.165, 1.54) is 11.1 Å². The van der Waals surface area contributed by atoms with E-state index >= 15 is 0 Å². The van der Waals surface area contributed by atoms with E-state index in [0.717, 1.165) is 56.7 Å². The number of para-hydroxylation sites is 1. The van der Waals surface area contributed by atoms with E-state index in [0.29, 0.717) is 5.39 Å². The van der Waals surface area contributed by atoms with E-state index in [4.69, 9.17) is 0 Å². The van der Waals surface area contributed by atoms with Crippen molar-refractivity contribution in [3.63, 3.8) is 0 Å². The van der Waals surface area contributed by atoms with Gasteiger partial charge in [-0.2, -0.15) is 0 Å². The number of aryl methyl sites for hydroxylation is 1. The molecular weight excluding hydrogens is 334 g/mol. The van der Waals surface area contributed by atoms with Gasteiger partial charge in [0.25, 0.3) is 5.56 Å². The van der Waals surface area contributed by atoms with Crippen molar-refractivity contribution in [2.24, 2.45) is 0 Å². The molecule has 142 valence electrons. The standard InChI is InChI=1S/C23H29N3O/c1-3-8-18(9-4-2)19-13-16-26(17-14-19)15-7-12-22-24-21-11-6-5-10-20(21)23(27)25-22/h3,5-6,8-11,13H,4,7,12,14-17H2,1-2H3,(H,24,25,27)/b8-3-,18-9+. The summed E-state index contributed by atoms with van der Waals surface area (Å²) in [5.41, 5.74) is 3.57. The minimum absolute atomic E-state index is 0.0413. The van der Waals surface area contributed by atoms with Crippen LogP contribution in [0.25, 0.3) is 10.9 Å². The number of allylic oxidation sites excluding steroid dienone is 4. The maximum absolute atomic E-state index is 12.1. The number of aromatic amines is 1. The van der Waals surface area contributed by atoms with Crippen LogP contribution in [0.15, 0.2) is 64.5 Å². The number of nitrogens with zero attached hydrogens (tertiary/aromatic N) is 2. The Hall–Kier alpha value is -2.46. The Bertz CT molecular complexity index is 921. The highest BCUT2D eigenvalue weighted by Gasteiger charge is 2.13. The molecule has 1 aromatic heterocycles. The second-order valence-corrected chi connectivity index (χ2v) is 6.98. The molecule has 0 fully saturated rings. The van der Waals surface area contributed by atoms with Crippen LogP contribution in [0.3, 0.4) is 0 Å². The summed E-state index contributed by atoms with van der Waals surface area (Å²) in [4.78, 5) is 22.1. The third-order valence-corrected chi connectivity index (χ3v) is 4.98. The molecule has 2 aromatic rings. The fourth-order valence-corrected chi connectivity index (χ4v) is 3.61. The first kappa shape index (κ1) is 19.3. The summed E-state index contributed by atoms with van der Waals surface area (Å²) < 4.78 is 0. The van der Waals surface area contributed by atoms with E-state index in [-0.39, 0.29) is 5.56 Å². The van der Waals surface area contributed by atoms with Gasteiger partial charge in [0.1, 0.15) is 5.82 Å². The minimum atomic E-state index is -0.0413. The Morgan fingerprint density at radius 2 is 2.19 bits per heavy atom. The molecule has 2 heterocycles. The Morgan fingerprint density at radius 1 is 1.33 bits per heavy atom. The molecule has 4 heteroatoms. The van der Waals surface area contributed by atoms with E-state index in [1.807, 2.05) is 24.3 Å². The van der Waals surface area contributed by atoms with Crippen molar-refractivity contribution in [2.75, 3.05) is 19.6 Å². The van der Waals surface area contributed by atoms with Gasteiger partial charge in [-0.25, -0.2) is 4.98 Å². The summed E-state index contributed by atoms with van der Waals surface area (Å²) in [6, 6.07) is 7.51. The van der Waals surface area contributed by atoms with E-state index in [9.17, 15) is 4.79 Å². The predicted molar refractivity (Wildman–Crippen MR) is 113 cm³/mol. The van der Waals surface area contributed by atoms with Crippen molar-refractivity contribution in [3.05, 3.63) is 75.9 Å². The summed E-state index contributed by atoms with van der Waals surface area (Å²) in [6.45, 7) is 7.37. The van der Waals surface area contributed by atoms with Crippen LogP contribution < -0.4 is 5.56 Å². The molecule has 0 bridgehead atoms. The first-order valence-electron chi connectivity index (χ1n) is 9.93. The largest absolute Gasteiger partial charge is 0.310 e. The number of nitrogens with one attached hydrogen (secondary N) is 1. The van der Waals surface area contributed by atoms with Crippen LogP contribution in [0.1, 0.15) is 38.9 Å². The smallest absolute Gasteiger partial charge is 0.258 e. The highest BCUT2D eigenvalue weighted by atomic mass is 16.1. The van der Waals surface area contributed by atoms with Gasteiger partial charge in [0, 0.05) is 19.5 Å². The number of H-pyrrole nitrogens is 1. The van der Waals surface area contributed by atoms with Gasteiger partial charge in [-0.1, -0.05) is 43.4 Å². The Balaban J connectivity index is 1.55. The molecule has 1 aliphatic rings. The molecule has 1 aliphatic heterocycles. The average molecular weight is 364 g/mol. The molecule has 0 saturated carbocycles. The lowest BCUT2D eigenvalue weighted by Gasteiger charge is -2.26. The lowest BCUT2D eigenvalue weighted by molar-refractivity contribution is 0.290. The van der Waals surface area contributed by atoms with Crippen molar-refractivity contribution < 1.29 is 0 Å². The lowest BCUT2D eigenvalue weighted by Crippen LogP contribution is -2.30. The highest BCUT2D eigenvalue weighted by Crippen LogP contribution is 2.21. The molecule has 0 unspecified atom stereocenters. The maximum atomic E-state index is 12.1. The Morgan fingerprint density at radius 3 is 2.93 bits per heavy atom. The molecule has 27 heavy (non-hydrogen) atoms. The summed E-state index contributed by atoms with van der Waals surface area (Å²) >= 11 is 0. The van der Waals surface area contributed by atoms with Gasteiger partial charge in [-0.15, -0.1) is 0 Å². The predicted octanol–water partition coefficient (Wildman–Crippen LogP) is 4.40. The zero-order valence-electron chi connectivity index (χ0n) is 16.4. The topological polar surface area (TPSA) is 49.0 Å². The average Bonchev–Trinajstić information content (AvgIpc) is 2.68. The molecular formula is C23H29N3O. The second kappa shape index (κ2) is 9.47. The summed E-state index contributed by atoms with van der Waals surface area (Å²) in [7, 11) is 0. The quantitative estimate of drug-likeness (QED) is 0.742. The van der Waals surface area contributed by atoms with E-state index < -0.39 is 0 Å². The van der Waals surface area contributed by atoms with Crippen molar-refractivity contribution in [2.45, 2.75) is 39.5 Å². The lowest BCUT2D eigenvalue weighted by atomic mass is 9.98. The normalized spacial score (nSPS) is 16.2. The van der Waals surface area contributed by atoms with E-state index in [2.05, 4.69) is 53.0 Å². The number of hydrogen-bond acceptors (Lipinski definition) is 3.